The average molecular weight is 235 g/mol. The lowest BCUT2D eigenvalue weighted by molar-refractivity contribution is 0.0168. The van der Waals surface area contributed by atoms with Crippen LogP contribution in [0.15, 0.2) is 18.3 Å². The molecule has 1 aliphatic carbocycles. The number of pyridine rings is 1. The van der Waals surface area contributed by atoms with Crippen LogP contribution in [0, 0.1) is 0 Å². The van der Waals surface area contributed by atoms with Gasteiger partial charge in [-0.15, -0.1) is 0 Å². The molecule has 0 aromatic carbocycles. The molecule has 4 heteroatoms. The number of carboxylic acids is 1. The van der Waals surface area contributed by atoms with Crippen LogP contribution in [0.2, 0.25) is 0 Å². The number of hydrogen-bond acceptors (Lipinski definition) is 3. The van der Waals surface area contributed by atoms with Gasteiger partial charge in [-0.3, -0.25) is 0 Å². The second-order valence-corrected chi connectivity index (χ2v) is 4.43. The van der Waals surface area contributed by atoms with Crippen LogP contribution in [0.25, 0.3) is 0 Å². The molecule has 0 bridgehead atoms. The summed E-state index contributed by atoms with van der Waals surface area (Å²) in [6.45, 7) is 0.480. The van der Waals surface area contributed by atoms with Crippen LogP contribution in [0.3, 0.4) is 0 Å². The first-order valence-electron chi connectivity index (χ1n) is 6.05. The van der Waals surface area contributed by atoms with Gasteiger partial charge in [0.2, 0.25) is 0 Å². The third-order valence-electron chi connectivity index (χ3n) is 3.08. The van der Waals surface area contributed by atoms with E-state index in [1.54, 1.807) is 12.1 Å². The first-order valence-corrected chi connectivity index (χ1v) is 6.05. The highest BCUT2D eigenvalue weighted by atomic mass is 16.5. The molecule has 2 rings (SSSR count). The zero-order valence-electron chi connectivity index (χ0n) is 9.76. The van der Waals surface area contributed by atoms with Crippen molar-refractivity contribution in [1.82, 2.24) is 4.98 Å². The van der Waals surface area contributed by atoms with E-state index in [-0.39, 0.29) is 5.69 Å². The maximum atomic E-state index is 10.8. The minimum atomic E-state index is -0.996. The van der Waals surface area contributed by atoms with Crippen molar-refractivity contribution in [1.29, 1.82) is 0 Å². The van der Waals surface area contributed by atoms with E-state index in [1.165, 1.54) is 25.5 Å². The number of rotatable bonds is 4. The van der Waals surface area contributed by atoms with Crippen molar-refractivity contribution in [3.8, 4) is 0 Å². The summed E-state index contributed by atoms with van der Waals surface area (Å²) in [6.07, 6.45) is 7.88. The number of nitrogens with zero attached hydrogens (tertiary/aromatic N) is 1. The lowest BCUT2D eigenvalue weighted by Gasteiger charge is -2.21. The van der Waals surface area contributed by atoms with Crippen molar-refractivity contribution in [3.05, 3.63) is 29.6 Å². The first-order chi connectivity index (χ1) is 8.25. The summed E-state index contributed by atoms with van der Waals surface area (Å²) in [7, 11) is 0. The van der Waals surface area contributed by atoms with E-state index >= 15 is 0 Å². The Bertz CT molecular complexity index is 386. The predicted molar refractivity (Wildman–Crippen MR) is 62.9 cm³/mol. The monoisotopic (exact) mass is 235 g/mol. The quantitative estimate of drug-likeness (QED) is 0.871. The molecular weight excluding hydrogens is 218 g/mol. The topological polar surface area (TPSA) is 59.4 Å². The van der Waals surface area contributed by atoms with Gasteiger partial charge in [0.1, 0.15) is 5.69 Å². The SMILES string of the molecule is O=C(O)c1cc(COC2CCCCC2)ccn1. The Morgan fingerprint density at radius 2 is 2.18 bits per heavy atom. The summed E-state index contributed by atoms with van der Waals surface area (Å²) in [4.78, 5) is 14.5. The van der Waals surface area contributed by atoms with Crippen molar-refractivity contribution in [2.24, 2.45) is 0 Å². The molecule has 0 aliphatic heterocycles. The molecule has 1 saturated carbocycles. The van der Waals surface area contributed by atoms with Crippen LogP contribution in [0.5, 0.6) is 0 Å². The number of ether oxygens (including phenoxy) is 1. The molecule has 92 valence electrons. The summed E-state index contributed by atoms with van der Waals surface area (Å²) in [5.74, 6) is -0.996. The fourth-order valence-corrected chi connectivity index (χ4v) is 2.13. The molecule has 0 spiro atoms. The Kier molecular flexibility index (Phi) is 4.09. The molecule has 4 nitrogen and oxygen atoms in total. The van der Waals surface area contributed by atoms with E-state index in [9.17, 15) is 4.79 Å². The molecule has 17 heavy (non-hydrogen) atoms. The van der Waals surface area contributed by atoms with Gasteiger partial charge in [-0.1, -0.05) is 19.3 Å². The zero-order chi connectivity index (χ0) is 12.1. The summed E-state index contributed by atoms with van der Waals surface area (Å²) >= 11 is 0. The molecule has 1 aromatic rings. The lowest BCUT2D eigenvalue weighted by atomic mass is 9.98. The van der Waals surface area contributed by atoms with Gasteiger partial charge in [-0.25, -0.2) is 9.78 Å². The smallest absolute Gasteiger partial charge is 0.354 e. The van der Waals surface area contributed by atoms with Crippen molar-refractivity contribution < 1.29 is 14.6 Å². The Balaban J connectivity index is 1.89. The van der Waals surface area contributed by atoms with Gasteiger partial charge >= 0.3 is 5.97 Å². The third kappa shape index (κ3) is 3.53. The largest absolute Gasteiger partial charge is 0.477 e. The first kappa shape index (κ1) is 12.0. The summed E-state index contributed by atoms with van der Waals surface area (Å²) in [5.41, 5.74) is 0.956. The van der Waals surface area contributed by atoms with Crippen LogP contribution in [-0.4, -0.2) is 22.2 Å². The number of aromatic nitrogens is 1. The molecule has 0 unspecified atom stereocenters. The standard InChI is InChI=1S/C13H17NO3/c15-13(16)12-8-10(6-7-14-12)9-17-11-4-2-1-3-5-11/h6-8,11H,1-5,9H2,(H,15,16). The lowest BCUT2D eigenvalue weighted by Crippen LogP contribution is -2.16. The van der Waals surface area contributed by atoms with Crippen molar-refractivity contribution >= 4 is 5.97 Å². The highest BCUT2D eigenvalue weighted by molar-refractivity contribution is 5.85. The molecule has 1 aliphatic rings. The molecule has 0 amide bonds. The highest BCUT2D eigenvalue weighted by Gasteiger charge is 2.14. The van der Waals surface area contributed by atoms with Crippen molar-refractivity contribution in [2.75, 3.05) is 0 Å². The molecular formula is C13H17NO3. The van der Waals surface area contributed by atoms with E-state index < -0.39 is 5.97 Å². The van der Waals surface area contributed by atoms with Crippen LogP contribution in [-0.2, 0) is 11.3 Å². The van der Waals surface area contributed by atoms with Gasteiger partial charge < -0.3 is 9.84 Å². The van der Waals surface area contributed by atoms with E-state index in [2.05, 4.69) is 4.98 Å². The van der Waals surface area contributed by atoms with Gasteiger partial charge in [0.25, 0.3) is 0 Å². The molecule has 0 saturated heterocycles. The minimum Gasteiger partial charge on any atom is -0.477 e. The number of carbonyl (C=O) groups is 1. The van der Waals surface area contributed by atoms with Crippen LogP contribution >= 0.6 is 0 Å². The van der Waals surface area contributed by atoms with Crippen molar-refractivity contribution in [3.63, 3.8) is 0 Å². The Hall–Kier alpha value is -1.42. The van der Waals surface area contributed by atoms with Crippen molar-refractivity contribution in [2.45, 2.75) is 44.8 Å². The number of aromatic carboxylic acids is 1. The maximum absolute atomic E-state index is 10.8. The Morgan fingerprint density at radius 3 is 2.88 bits per heavy atom. The van der Waals surface area contributed by atoms with Crippen LogP contribution in [0.4, 0.5) is 0 Å². The fraction of sp³-hybridized carbons (Fsp3) is 0.538. The van der Waals surface area contributed by atoms with Crippen LogP contribution < -0.4 is 0 Å². The molecule has 0 radical (unpaired) electrons. The van der Waals surface area contributed by atoms with E-state index in [1.807, 2.05) is 0 Å². The van der Waals surface area contributed by atoms with Gasteiger partial charge in [-0.2, -0.15) is 0 Å². The summed E-state index contributed by atoms with van der Waals surface area (Å²) < 4.78 is 5.78. The third-order valence-corrected chi connectivity index (χ3v) is 3.08. The Labute approximate surface area is 101 Å². The zero-order valence-corrected chi connectivity index (χ0v) is 9.76. The van der Waals surface area contributed by atoms with E-state index in [0.29, 0.717) is 12.7 Å². The molecule has 1 fully saturated rings. The van der Waals surface area contributed by atoms with Gasteiger partial charge in [0, 0.05) is 6.20 Å². The second kappa shape index (κ2) is 5.77. The molecule has 0 atom stereocenters. The van der Waals surface area contributed by atoms with Gasteiger partial charge in [-0.05, 0) is 30.5 Å². The number of carboxylic acid groups (broad SMARTS) is 1. The van der Waals surface area contributed by atoms with E-state index in [4.69, 9.17) is 9.84 Å². The summed E-state index contributed by atoms with van der Waals surface area (Å²) in [6, 6.07) is 3.38. The molecule has 1 aromatic heterocycles. The minimum absolute atomic E-state index is 0.0785. The molecule has 1 N–H and O–H groups in total. The molecule has 1 heterocycles. The van der Waals surface area contributed by atoms with Gasteiger partial charge in [0.05, 0.1) is 12.7 Å². The second-order valence-electron chi connectivity index (χ2n) is 4.43. The van der Waals surface area contributed by atoms with Crippen LogP contribution in [0.1, 0.15) is 48.2 Å². The summed E-state index contributed by atoms with van der Waals surface area (Å²) in [5, 5.41) is 8.82. The van der Waals surface area contributed by atoms with Gasteiger partial charge in [0.15, 0.2) is 0 Å². The fourth-order valence-electron chi connectivity index (χ4n) is 2.13. The normalized spacial score (nSPS) is 16.9. The maximum Gasteiger partial charge on any atom is 0.354 e. The average Bonchev–Trinajstić information content (AvgIpc) is 2.38. The number of hydrogen-bond donors (Lipinski definition) is 1. The van der Waals surface area contributed by atoms with E-state index in [0.717, 1.165) is 18.4 Å². The highest BCUT2D eigenvalue weighted by Crippen LogP contribution is 2.21. The predicted octanol–water partition coefficient (Wildman–Crippen LogP) is 2.63. The Morgan fingerprint density at radius 1 is 1.41 bits per heavy atom.